The maximum atomic E-state index is 12.2. The summed E-state index contributed by atoms with van der Waals surface area (Å²) in [5, 5.41) is 3.55. The number of benzene rings is 1. The molecule has 7 heteroatoms. The third-order valence-electron chi connectivity index (χ3n) is 3.62. The average Bonchev–Trinajstić information content (AvgIpc) is 2.88. The summed E-state index contributed by atoms with van der Waals surface area (Å²) >= 11 is 5.74. The molecule has 2 rings (SSSR count). The first-order chi connectivity index (χ1) is 9.92. The van der Waals surface area contributed by atoms with Crippen molar-refractivity contribution in [3.05, 3.63) is 29.3 Å². The summed E-state index contributed by atoms with van der Waals surface area (Å²) in [4.78, 5) is 13.9. The van der Waals surface area contributed by atoms with E-state index in [4.69, 9.17) is 11.6 Å². The number of hydrogen-bond acceptors (Lipinski definition) is 4. The van der Waals surface area contributed by atoms with Crippen LogP contribution in [0.4, 0.5) is 0 Å². The first-order valence-electron chi connectivity index (χ1n) is 6.83. The van der Waals surface area contributed by atoms with Crippen LogP contribution in [0.15, 0.2) is 29.2 Å². The molecule has 0 aliphatic carbocycles. The Kier molecular flexibility index (Phi) is 5.24. The minimum absolute atomic E-state index is 0.131. The number of amides is 1. The van der Waals surface area contributed by atoms with Crippen molar-refractivity contribution in [3.8, 4) is 0 Å². The van der Waals surface area contributed by atoms with Gasteiger partial charge >= 0.3 is 0 Å². The van der Waals surface area contributed by atoms with E-state index in [1.807, 2.05) is 7.05 Å². The van der Waals surface area contributed by atoms with Gasteiger partial charge in [-0.1, -0.05) is 11.6 Å². The molecule has 21 heavy (non-hydrogen) atoms. The molecule has 1 atom stereocenters. The lowest BCUT2D eigenvalue weighted by molar-refractivity contribution is -0.127. The highest BCUT2D eigenvalue weighted by Gasteiger charge is 2.29. The SMILES string of the molecule is CNC[C@H]1CCN(C(=O)CS(=O)(=O)c2ccc(Cl)cc2)C1. The Morgan fingerprint density at radius 3 is 2.67 bits per heavy atom. The van der Waals surface area contributed by atoms with Crippen molar-refractivity contribution < 1.29 is 13.2 Å². The van der Waals surface area contributed by atoms with Crippen molar-refractivity contribution in [2.75, 3.05) is 32.4 Å². The Bertz CT molecular complexity index is 601. The van der Waals surface area contributed by atoms with Crippen molar-refractivity contribution in [1.82, 2.24) is 10.2 Å². The fraction of sp³-hybridized carbons (Fsp3) is 0.500. The van der Waals surface area contributed by atoms with Crippen molar-refractivity contribution in [1.29, 1.82) is 0 Å². The number of likely N-dealkylation sites (tertiary alicyclic amines) is 1. The Morgan fingerprint density at radius 1 is 1.38 bits per heavy atom. The van der Waals surface area contributed by atoms with Gasteiger partial charge in [0.2, 0.25) is 5.91 Å². The maximum Gasteiger partial charge on any atom is 0.238 e. The maximum absolute atomic E-state index is 12.2. The number of nitrogens with one attached hydrogen (secondary N) is 1. The number of hydrogen-bond donors (Lipinski definition) is 1. The Hall–Kier alpha value is -1.11. The molecule has 1 aliphatic heterocycles. The summed E-state index contributed by atoms with van der Waals surface area (Å²) in [7, 11) is -1.74. The number of halogens is 1. The summed E-state index contributed by atoms with van der Waals surface area (Å²) in [5.74, 6) is -0.415. The van der Waals surface area contributed by atoms with Gasteiger partial charge in [-0.15, -0.1) is 0 Å². The van der Waals surface area contributed by atoms with E-state index in [1.54, 1.807) is 4.90 Å². The zero-order valence-electron chi connectivity index (χ0n) is 11.9. The van der Waals surface area contributed by atoms with Gasteiger partial charge < -0.3 is 10.2 Å². The monoisotopic (exact) mass is 330 g/mol. The largest absolute Gasteiger partial charge is 0.341 e. The molecule has 1 aromatic rings. The molecule has 5 nitrogen and oxygen atoms in total. The van der Waals surface area contributed by atoms with E-state index >= 15 is 0 Å². The van der Waals surface area contributed by atoms with Gasteiger partial charge in [-0.2, -0.15) is 0 Å². The molecule has 1 fully saturated rings. The van der Waals surface area contributed by atoms with E-state index in [9.17, 15) is 13.2 Å². The molecule has 116 valence electrons. The van der Waals surface area contributed by atoms with Gasteiger partial charge in [0.05, 0.1) is 4.90 Å². The molecular formula is C14H19ClN2O3S. The molecule has 1 heterocycles. The quantitative estimate of drug-likeness (QED) is 0.880. The first-order valence-corrected chi connectivity index (χ1v) is 8.86. The second-order valence-electron chi connectivity index (χ2n) is 5.27. The Balaban J connectivity index is 2.00. The van der Waals surface area contributed by atoms with Crippen LogP contribution in [0.3, 0.4) is 0 Å². The van der Waals surface area contributed by atoms with E-state index in [0.717, 1.165) is 13.0 Å². The van der Waals surface area contributed by atoms with Crippen molar-refractivity contribution in [2.45, 2.75) is 11.3 Å². The van der Waals surface area contributed by atoms with Crippen molar-refractivity contribution >= 4 is 27.3 Å². The van der Waals surface area contributed by atoms with Crippen LogP contribution in [0.25, 0.3) is 0 Å². The lowest BCUT2D eigenvalue weighted by Gasteiger charge is -2.16. The molecule has 1 N–H and O–H groups in total. The van der Waals surface area contributed by atoms with Crippen LogP contribution >= 0.6 is 11.6 Å². The van der Waals surface area contributed by atoms with Crippen LogP contribution < -0.4 is 5.32 Å². The zero-order chi connectivity index (χ0) is 15.5. The summed E-state index contributed by atoms with van der Waals surface area (Å²) in [6, 6.07) is 5.88. The van der Waals surface area contributed by atoms with Gasteiger partial charge in [-0.05, 0) is 50.2 Å². The van der Waals surface area contributed by atoms with E-state index in [-0.39, 0.29) is 10.8 Å². The zero-order valence-corrected chi connectivity index (χ0v) is 13.5. The van der Waals surface area contributed by atoms with Crippen LogP contribution in [0.2, 0.25) is 5.02 Å². The van der Waals surface area contributed by atoms with Gasteiger partial charge in [0.1, 0.15) is 5.75 Å². The molecule has 1 saturated heterocycles. The highest BCUT2D eigenvalue weighted by molar-refractivity contribution is 7.92. The fourth-order valence-corrected chi connectivity index (χ4v) is 3.84. The van der Waals surface area contributed by atoms with Crippen molar-refractivity contribution in [3.63, 3.8) is 0 Å². The van der Waals surface area contributed by atoms with E-state index in [0.29, 0.717) is 24.0 Å². The highest BCUT2D eigenvalue weighted by Crippen LogP contribution is 2.19. The standard InChI is InChI=1S/C14H19ClN2O3S/c1-16-8-11-6-7-17(9-11)14(18)10-21(19,20)13-4-2-12(15)3-5-13/h2-5,11,16H,6-10H2,1H3/t11-/m1/s1. The normalized spacial score (nSPS) is 19.0. The van der Waals surface area contributed by atoms with Crippen LogP contribution in [-0.2, 0) is 14.6 Å². The number of carbonyl (C=O) groups is 1. The summed E-state index contributed by atoms with van der Waals surface area (Å²) < 4.78 is 24.4. The third kappa shape index (κ3) is 4.18. The molecule has 0 spiro atoms. The molecule has 1 aliphatic rings. The molecule has 0 radical (unpaired) electrons. The van der Waals surface area contributed by atoms with Gasteiger partial charge in [0.15, 0.2) is 9.84 Å². The lowest BCUT2D eigenvalue weighted by atomic mass is 10.1. The molecule has 0 bridgehead atoms. The summed E-state index contributed by atoms with van der Waals surface area (Å²) in [6.45, 7) is 2.09. The lowest BCUT2D eigenvalue weighted by Crippen LogP contribution is -2.34. The third-order valence-corrected chi connectivity index (χ3v) is 5.49. The van der Waals surface area contributed by atoms with Crippen LogP contribution in [0.1, 0.15) is 6.42 Å². The van der Waals surface area contributed by atoms with Crippen LogP contribution in [-0.4, -0.2) is 51.7 Å². The van der Waals surface area contributed by atoms with Gasteiger partial charge in [-0.25, -0.2) is 8.42 Å². The number of nitrogens with zero attached hydrogens (tertiary/aromatic N) is 1. The fourth-order valence-electron chi connectivity index (χ4n) is 2.49. The highest BCUT2D eigenvalue weighted by atomic mass is 35.5. The second kappa shape index (κ2) is 6.77. The van der Waals surface area contributed by atoms with Gasteiger partial charge in [-0.3, -0.25) is 4.79 Å². The summed E-state index contributed by atoms with van der Waals surface area (Å²) in [6.07, 6.45) is 0.910. The predicted octanol–water partition coefficient (Wildman–Crippen LogP) is 1.18. The molecule has 1 amide bonds. The minimum Gasteiger partial charge on any atom is -0.341 e. The van der Waals surface area contributed by atoms with Crippen LogP contribution in [0, 0.1) is 5.92 Å². The number of rotatable bonds is 5. The van der Waals surface area contributed by atoms with Gasteiger partial charge in [0.25, 0.3) is 0 Å². The van der Waals surface area contributed by atoms with Gasteiger partial charge in [0, 0.05) is 18.1 Å². The molecule has 0 aromatic heterocycles. The molecule has 1 aromatic carbocycles. The number of carbonyl (C=O) groups excluding carboxylic acids is 1. The van der Waals surface area contributed by atoms with Crippen LogP contribution in [0.5, 0.6) is 0 Å². The second-order valence-corrected chi connectivity index (χ2v) is 7.69. The van der Waals surface area contributed by atoms with E-state index in [2.05, 4.69) is 5.32 Å². The topological polar surface area (TPSA) is 66.5 Å². The smallest absolute Gasteiger partial charge is 0.238 e. The van der Waals surface area contributed by atoms with E-state index < -0.39 is 15.6 Å². The average molecular weight is 331 g/mol. The predicted molar refractivity (Wildman–Crippen MR) is 82.1 cm³/mol. The molecule has 0 saturated carbocycles. The molecular weight excluding hydrogens is 312 g/mol. The minimum atomic E-state index is -3.61. The first kappa shape index (κ1) is 16.3. The summed E-state index contributed by atoms with van der Waals surface area (Å²) in [5.41, 5.74) is 0. The Morgan fingerprint density at radius 2 is 2.05 bits per heavy atom. The van der Waals surface area contributed by atoms with Crippen molar-refractivity contribution in [2.24, 2.45) is 5.92 Å². The molecule has 0 unspecified atom stereocenters. The Labute approximate surface area is 130 Å². The number of sulfone groups is 1. The van der Waals surface area contributed by atoms with E-state index in [1.165, 1.54) is 24.3 Å².